The van der Waals surface area contributed by atoms with Gasteiger partial charge in [-0.1, -0.05) is 182 Å². The quantitative estimate of drug-likeness (QED) is 0.160. The molecular formula is C58H36N6O. The van der Waals surface area contributed by atoms with Crippen LogP contribution in [0.3, 0.4) is 0 Å². The Morgan fingerprint density at radius 3 is 1.48 bits per heavy atom. The van der Waals surface area contributed by atoms with E-state index < -0.39 is 0 Å². The molecular weight excluding hydrogens is 797 g/mol. The molecule has 9 aromatic carbocycles. The minimum absolute atomic E-state index is 0.528. The molecule has 304 valence electrons. The van der Waals surface area contributed by atoms with Gasteiger partial charge in [-0.15, -0.1) is 0 Å². The zero-order valence-corrected chi connectivity index (χ0v) is 34.9. The van der Waals surface area contributed by atoms with Crippen molar-refractivity contribution in [2.75, 3.05) is 0 Å². The highest BCUT2D eigenvalue weighted by Crippen LogP contribution is 2.44. The van der Waals surface area contributed by atoms with Crippen LogP contribution in [0.2, 0.25) is 0 Å². The number of benzene rings is 9. The van der Waals surface area contributed by atoms with E-state index in [9.17, 15) is 0 Å². The number of rotatable bonds is 7. The van der Waals surface area contributed by atoms with Gasteiger partial charge in [0.1, 0.15) is 5.52 Å². The van der Waals surface area contributed by atoms with E-state index >= 15 is 0 Å². The Morgan fingerprint density at radius 1 is 0.338 bits per heavy atom. The summed E-state index contributed by atoms with van der Waals surface area (Å²) in [6.07, 6.45) is 0. The molecule has 0 amide bonds. The highest BCUT2D eigenvalue weighted by atomic mass is 16.3. The molecule has 0 N–H and O–H groups in total. The van der Waals surface area contributed by atoms with Crippen molar-refractivity contribution in [2.24, 2.45) is 0 Å². The first-order valence-electron chi connectivity index (χ1n) is 21.7. The fourth-order valence-corrected chi connectivity index (χ4v) is 9.48. The molecule has 0 unspecified atom stereocenters. The number of oxazole rings is 1. The summed E-state index contributed by atoms with van der Waals surface area (Å²) in [5.41, 5.74) is 13.5. The van der Waals surface area contributed by atoms with Gasteiger partial charge in [-0.25, -0.2) is 9.97 Å². The normalized spacial score (nSPS) is 11.7. The Bertz CT molecular complexity index is 3870. The predicted molar refractivity (Wildman–Crippen MR) is 263 cm³/mol. The Balaban J connectivity index is 1.10. The van der Waals surface area contributed by atoms with Gasteiger partial charge in [-0.3, -0.25) is 4.57 Å². The minimum Gasteiger partial charge on any atom is -0.434 e. The lowest BCUT2D eigenvalue weighted by atomic mass is 9.94. The van der Waals surface area contributed by atoms with E-state index in [0.717, 1.165) is 93.8 Å². The summed E-state index contributed by atoms with van der Waals surface area (Å²) in [6.45, 7) is 0. The van der Waals surface area contributed by atoms with Crippen LogP contribution < -0.4 is 0 Å². The summed E-state index contributed by atoms with van der Waals surface area (Å²) in [6, 6.07) is 75.6. The molecule has 0 aliphatic carbocycles. The summed E-state index contributed by atoms with van der Waals surface area (Å²) in [5, 5.41) is 4.39. The third-order valence-corrected chi connectivity index (χ3v) is 12.4. The van der Waals surface area contributed by atoms with E-state index in [-0.39, 0.29) is 0 Å². The maximum atomic E-state index is 7.06. The molecule has 4 aromatic heterocycles. The van der Waals surface area contributed by atoms with Crippen molar-refractivity contribution in [2.45, 2.75) is 0 Å². The van der Waals surface area contributed by atoms with E-state index in [1.165, 1.54) is 0 Å². The molecule has 0 spiro atoms. The number of hydrogen-bond donors (Lipinski definition) is 0. The average Bonchev–Trinajstić information content (AvgIpc) is 4.08. The van der Waals surface area contributed by atoms with E-state index in [4.69, 9.17) is 24.4 Å². The Kier molecular flexibility index (Phi) is 8.39. The van der Waals surface area contributed by atoms with Gasteiger partial charge in [-0.2, -0.15) is 9.97 Å². The summed E-state index contributed by atoms with van der Waals surface area (Å²) in [4.78, 5) is 20.8. The molecule has 7 heteroatoms. The summed E-state index contributed by atoms with van der Waals surface area (Å²) < 4.78 is 11.6. The van der Waals surface area contributed by atoms with Crippen LogP contribution in [-0.4, -0.2) is 29.1 Å². The average molecular weight is 833 g/mol. The van der Waals surface area contributed by atoms with Crippen LogP contribution in [0.4, 0.5) is 0 Å². The number of aromatic nitrogens is 6. The number of fused-ring (bicyclic) bond motifs is 8. The molecule has 0 bridgehead atoms. The van der Waals surface area contributed by atoms with Crippen molar-refractivity contribution in [3.8, 4) is 68.1 Å². The number of nitrogens with zero attached hydrogens (tertiary/aromatic N) is 6. The van der Waals surface area contributed by atoms with Crippen molar-refractivity contribution < 1.29 is 4.42 Å². The van der Waals surface area contributed by atoms with Gasteiger partial charge in [-0.05, 0) is 58.7 Å². The second kappa shape index (κ2) is 14.9. The summed E-state index contributed by atoms with van der Waals surface area (Å²) in [7, 11) is 0. The first-order chi connectivity index (χ1) is 32.2. The maximum Gasteiger partial charge on any atom is 0.238 e. The van der Waals surface area contributed by atoms with Gasteiger partial charge >= 0.3 is 0 Å². The maximum absolute atomic E-state index is 7.06. The van der Waals surface area contributed by atoms with Crippen molar-refractivity contribution >= 4 is 54.7 Å². The summed E-state index contributed by atoms with van der Waals surface area (Å²) in [5.74, 6) is 2.27. The van der Waals surface area contributed by atoms with Gasteiger partial charge < -0.3 is 8.98 Å². The van der Waals surface area contributed by atoms with Crippen LogP contribution in [0.5, 0.6) is 0 Å². The minimum atomic E-state index is 0.528. The molecule has 0 fully saturated rings. The van der Waals surface area contributed by atoms with E-state index in [0.29, 0.717) is 29.1 Å². The Hall–Kier alpha value is -8.94. The molecule has 0 aliphatic heterocycles. The molecule has 7 nitrogen and oxygen atoms in total. The standard InChI is InChI=1S/C58H36N6O/c1-5-18-37(19-6-1)41-32-33-46(47(36-41)38-20-7-2-8-21-38)57-59-48-28-17-31-51(54(48)65-57)63-49-29-15-13-26-42(49)44-34-35-45-43-27-14-16-30-50(43)64(53(45)52(44)63)58-61-55(39-22-9-3-10-23-39)60-56(62-58)40-24-11-4-12-25-40/h1-36H. The first kappa shape index (κ1) is 36.7. The molecule has 0 aliphatic rings. The van der Waals surface area contributed by atoms with Crippen LogP contribution in [-0.2, 0) is 0 Å². The second-order valence-electron chi connectivity index (χ2n) is 16.2. The third-order valence-electron chi connectivity index (χ3n) is 12.4. The van der Waals surface area contributed by atoms with E-state index in [1.807, 2.05) is 78.9 Å². The molecule has 0 radical (unpaired) electrons. The fourth-order valence-electron chi connectivity index (χ4n) is 9.48. The van der Waals surface area contributed by atoms with Crippen LogP contribution in [0.1, 0.15) is 0 Å². The van der Waals surface area contributed by atoms with Crippen LogP contribution >= 0.6 is 0 Å². The molecule has 65 heavy (non-hydrogen) atoms. The smallest absolute Gasteiger partial charge is 0.238 e. The van der Waals surface area contributed by atoms with Gasteiger partial charge in [0.15, 0.2) is 17.2 Å². The van der Waals surface area contributed by atoms with E-state index in [1.54, 1.807) is 0 Å². The van der Waals surface area contributed by atoms with Crippen molar-refractivity contribution in [3.05, 3.63) is 218 Å². The molecule has 0 atom stereocenters. The first-order valence-corrected chi connectivity index (χ1v) is 21.7. The molecule has 4 heterocycles. The van der Waals surface area contributed by atoms with Gasteiger partial charge in [0.2, 0.25) is 11.8 Å². The molecule has 0 saturated carbocycles. The number of para-hydroxylation sites is 3. The zero-order valence-electron chi connectivity index (χ0n) is 34.9. The summed E-state index contributed by atoms with van der Waals surface area (Å²) >= 11 is 0. The number of hydrogen-bond acceptors (Lipinski definition) is 5. The van der Waals surface area contributed by atoms with Gasteiger partial charge in [0, 0.05) is 38.2 Å². The molecule has 13 rings (SSSR count). The van der Waals surface area contributed by atoms with Crippen LogP contribution in [0.15, 0.2) is 223 Å². The van der Waals surface area contributed by atoms with Crippen molar-refractivity contribution in [3.63, 3.8) is 0 Å². The molecule has 0 saturated heterocycles. The Morgan fingerprint density at radius 2 is 0.862 bits per heavy atom. The largest absolute Gasteiger partial charge is 0.434 e. The highest BCUT2D eigenvalue weighted by molar-refractivity contribution is 6.24. The Labute approximate surface area is 373 Å². The van der Waals surface area contributed by atoms with E-state index in [2.05, 4.69) is 149 Å². The third kappa shape index (κ3) is 5.98. The van der Waals surface area contributed by atoms with Crippen molar-refractivity contribution in [1.29, 1.82) is 0 Å². The molecule has 13 aromatic rings. The predicted octanol–water partition coefficient (Wildman–Crippen LogP) is 14.5. The lowest BCUT2D eigenvalue weighted by molar-refractivity contribution is 0.618. The SMILES string of the molecule is c1ccc(-c2ccc(-c3nc4cccc(-n5c6ccccc6c6ccc7c8ccccc8n(-c8nc(-c9ccccc9)nc(-c9ccccc9)n8)c7c65)c4o3)c(-c3ccccc3)c2)cc1. The highest BCUT2D eigenvalue weighted by Gasteiger charge is 2.25. The second-order valence-corrected chi connectivity index (χ2v) is 16.2. The topological polar surface area (TPSA) is 74.6 Å². The zero-order chi connectivity index (χ0) is 42.8. The van der Waals surface area contributed by atoms with Crippen molar-refractivity contribution in [1.82, 2.24) is 29.1 Å². The lowest BCUT2D eigenvalue weighted by Gasteiger charge is -2.13. The van der Waals surface area contributed by atoms with Crippen LogP contribution in [0, 0.1) is 0 Å². The van der Waals surface area contributed by atoms with Crippen LogP contribution in [0.25, 0.3) is 123 Å². The van der Waals surface area contributed by atoms with Gasteiger partial charge in [0.25, 0.3) is 0 Å². The monoisotopic (exact) mass is 832 g/mol. The fraction of sp³-hybridized carbons (Fsp3) is 0. The van der Waals surface area contributed by atoms with Gasteiger partial charge in [0.05, 0.1) is 27.8 Å². The lowest BCUT2D eigenvalue weighted by Crippen LogP contribution is -2.07.